The summed E-state index contributed by atoms with van der Waals surface area (Å²) < 4.78 is 24.1. The first-order valence-electron chi connectivity index (χ1n) is 8.49. The molecule has 0 aliphatic carbocycles. The van der Waals surface area contributed by atoms with Gasteiger partial charge in [0.15, 0.2) is 0 Å². The number of carbonyl (C=O) groups excluding carboxylic acids is 1. The number of methoxy groups -OCH3 is 2. The highest BCUT2D eigenvalue weighted by Gasteiger charge is 2.32. The first-order valence-corrected chi connectivity index (χ1v) is 9.37. The number of benzene rings is 2. The molecule has 0 unspecified atom stereocenters. The molecular weight excluding hydrogens is 365 g/mol. The molecule has 1 aliphatic rings. The van der Waals surface area contributed by atoms with Crippen LogP contribution >= 0.6 is 11.3 Å². The Morgan fingerprint density at radius 3 is 2.59 bits per heavy atom. The quantitative estimate of drug-likeness (QED) is 0.686. The van der Waals surface area contributed by atoms with Crippen molar-refractivity contribution in [2.75, 3.05) is 19.5 Å². The standard InChI is InChI=1S/C21H18FNO3S/c1-25-14-7-8-15(18(9-14)26-2)16-10-19(24)23-20-17(11-27-21(16)20)12-3-5-13(22)6-4-12/h3-9,11,16H,10H2,1-2H3,(H,23,24)/t16-/m0/s1. The van der Waals surface area contributed by atoms with E-state index in [4.69, 9.17) is 9.47 Å². The molecule has 1 aromatic heterocycles. The van der Waals surface area contributed by atoms with E-state index in [0.29, 0.717) is 17.9 Å². The number of amides is 1. The van der Waals surface area contributed by atoms with Crippen LogP contribution in [0.5, 0.6) is 11.5 Å². The second kappa shape index (κ2) is 7.04. The number of anilines is 1. The van der Waals surface area contributed by atoms with Crippen molar-refractivity contribution in [1.82, 2.24) is 0 Å². The van der Waals surface area contributed by atoms with E-state index in [1.165, 1.54) is 12.1 Å². The van der Waals surface area contributed by atoms with Gasteiger partial charge in [0.2, 0.25) is 5.91 Å². The number of fused-ring (bicyclic) bond motifs is 1. The largest absolute Gasteiger partial charge is 0.497 e. The Bertz CT molecular complexity index is 997. The smallest absolute Gasteiger partial charge is 0.225 e. The normalized spacial score (nSPS) is 15.8. The number of hydrogen-bond donors (Lipinski definition) is 1. The molecule has 2 aromatic carbocycles. The van der Waals surface area contributed by atoms with Gasteiger partial charge in [-0.2, -0.15) is 0 Å². The molecule has 4 rings (SSSR count). The van der Waals surface area contributed by atoms with E-state index < -0.39 is 0 Å². The van der Waals surface area contributed by atoms with Crippen LogP contribution in [0.1, 0.15) is 22.8 Å². The van der Waals surface area contributed by atoms with Gasteiger partial charge < -0.3 is 14.8 Å². The van der Waals surface area contributed by atoms with Crippen molar-refractivity contribution in [2.24, 2.45) is 0 Å². The zero-order valence-corrected chi connectivity index (χ0v) is 15.7. The number of thiophene rings is 1. The average Bonchev–Trinajstić information content (AvgIpc) is 3.11. The fourth-order valence-electron chi connectivity index (χ4n) is 3.43. The summed E-state index contributed by atoms with van der Waals surface area (Å²) in [5, 5.41) is 5.00. The van der Waals surface area contributed by atoms with Crippen LogP contribution in [0, 0.1) is 5.82 Å². The predicted molar refractivity (Wildman–Crippen MR) is 104 cm³/mol. The van der Waals surface area contributed by atoms with E-state index >= 15 is 0 Å². The summed E-state index contributed by atoms with van der Waals surface area (Å²) in [6, 6.07) is 11.9. The third-order valence-electron chi connectivity index (χ3n) is 4.76. The molecule has 0 radical (unpaired) electrons. The molecule has 0 saturated carbocycles. The van der Waals surface area contributed by atoms with Gasteiger partial charge in [-0.25, -0.2) is 4.39 Å². The van der Waals surface area contributed by atoms with E-state index in [-0.39, 0.29) is 17.6 Å². The highest BCUT2D eigenvalue weighted by molar-refractivity contribution is 7.11. The lowest BCUT2D eigenvalue weighted by molar-refractivity contribution is -0.116. The number of nitrogens with one attached hydrogen (secondary N) is 1. The number of halogens is 1. The van der Waals surface area contributed by atoms with Gasteiger partial charge in [0.25, 0.3) is 0 Å². The SMILES string of the molecule is COc1ccc([C@@H]2CC(=O)Nc3c(-c4ccc(F)cc4)csc32)c(OC)c1. The summed E-state index contributed by atoms with van der Waals surface area (Å²) in [5.41, 5.74) is 3.52. The van der Waals surface area contributed by atoms with Crippen molar-refractivity contribution in [1.29, 1.82) is 0 Å². The number of hydrogen-bond acceptors (Lipinski definition) is 4. The maximum atomic E-state index is 13.3. The molecule has 3 aromatic rings. The molecule has 1 atom stereocenters. The van der Waals surface area contributed by atoms with Crippen LogP contribution in [-0.4, -0.2) is 20.1 Å². The number of rotatable bonds is 4. The minimum atomic E-state index is -0.285. The van der Waals surface area contributed by atoms with Gasteiger partial charge in [0, 0.05) is 39.8 Å². The third-order valence-corrected chi connectivity index (χ3v) is 5.86. The van der Waals surface area contributed by atoms with Crippen molar-refractivity contribution in [2.45, 2.75) is 12.3 Å². The van der Waals surface area contributed by atoms with Crippen molar-refractivity contribution in [3.8, 4) is 22.6 Å². The highest BCUT2D eigenvalue weighted by Crippen LogP contribution is 2.48. The van der Waals surface area contributed by atoms with Gasteiger partial charge in [0.1, 0.15) is 17.3 Å². The molecular formula is C21H18FNO3S. The maximum Gasteiger partial charge on any atom is 0.225 e. The van der Waals surface area contributed by atoms with Crippen LogP contribution < -0.4 is 14.8 Å². The van der Waals surface area contributed by atoms with Crippen molar-refractivity contribution in [3.05, 3.63) is 64.1 Å². The molecule has 0 saturated heterocycles. The molecule has 0 fully saturated rings. The monoisotopic (exact) mass is 383 g/mol. The Morgan fingerprint density at radius 2 is 1.89 bits per heavy atom. The molecule has 0 bridgehead atoms. The van der Waals surface area contributed by atoms with Crippen molar-refractivity contribution < 1.29 is 18.7 Å². The zero-order chi connectivity index (χ0) is 19.0. The zero-order valence-electron chi connectivity index (χ0n) is 14.9. The van der Waals surface area contributed by atoms with E-state index in [0.717, 1.165) is 27.3 Å². The van der Waals surface area contributed by atoms with E-state index in [1.807, 2.05) is 23.6 Å². The van der Waals surface area contributed by atoms with Crippen LogP contribution in [-0.2, 0) is 4.79 Å². The first-order chi connectivity index (χ1) is 13.1. The summed E-state index contributed by atoms with van der Waals surface area (Å²) in [6.45, 7) is 0. The Balaban J connectivity index is 1.81. The van der Waals surface area contributed by atoms with Crippen molar-refractivity contribution in [3.63, 3.8) is 0 Å². The second-order valence-corrected chi connectivity index (χ2v) is 7.22. The molecule has 1 N–H and O–H groups in total. The lowest BCUT2D eigenvalue weighted by Gasteiger charge is -2.25. The van der Waals surface area contributed by atoms with Gasteiger partial charge in [0.05, 0.1) is 19.9 Å². The molecule has 6 heteroatoms. The lowest BCUT2D eigenvalue weighted by Crippen LogP contribution is -2.22. The van der Waals surface area contributed by atoms with Gasteiger partial charge >= 0.3 is 0 Å². The molecule has 1 amide bonds. The van der Waals surface area contributed by atoms with Crippen LogP contribution in [0.4, 0.5) is 10.1 Å². The average molecular weight is 383 g/mol. The van der Waals surface area contributed by atoms with Gasteiger partial charge in [-0.05, 0) is 23.8 Å². The van der Waals surface area contributed by atoms with E-state index in [1.54, 1.807) is 37.7 Å². The van der Waals surface area contributed by atoms with E-state index in [2.05, 4.69) is 5.32 Å². The van der Waals surface area contributed by atoms with Gasteiger partial charge in [-0.3, -0.25) is 4.79 Å². The molecule has 2 heterocycles. The van der Waals surface area contributed by atoms with Gasteiger partial charge in [-0.1, -0.05) is 18.2 Å². The Hall–Kier alpha value is -2.86. The summed E-state index contributed by atoms with van der Waals surface area (Å²) in [7, 11) is 3.22. The summed E-state index contributed by atoms with van der Waals surface area (Å²) in [6.07, 6.45) is 0.346. The lowest BCUT2D eigenvalue weighted by atomic mass is 9.88. The predicted octanol–water partition coefficient (Wildman–Crippen LogP) is 5.05. The molecule has 138 valence electrons. The Labute approximate surface area is 160 Å². The molecule has 4 nitrogen and oxygen atoms in total. The number of ether oxygens (including phenoxy) is 2. The fraction of sp³-hybridized carbons (Fsp3) is 0.190. The molecule has 1 aliphatic heterocycles. The maximum absolute atomic E-state index is 13.3. The van der Waals surface area contributed by atoms with Crippen LogP contribution in [0.15, 0.2) is 47.8 Å². The summed E-state index contributed by atoms with van der Waals surface area (Å²) >= 11 is 1.59. The summed E-state index contributed by atoms with van der Waals surface area (Å²) in [5.74, 6) is 0.958. The van der Waals surface area contributed by atoms with Crippen LogP contribution in [0.25, 0.3) is 11.1 Å². The van der Waals surface area contributed by atoms with Crippen LogP contribution in [0.3, 0.4) is 0 Å². The highest BCUT2D eigenvalue weighted by atomic mass is 32.1. The van der Waals surface area contributed by atoms with Crippen LogP contribution in [0.2, 0.25) is 0 Å². The summed E-state index contributed by atoms with van der Waals surface area (Å²) in [4.78, 5) is 13.5. The minimum absolute atomic E-state index is 0.0490. The minimum Gasteiger partial charge on any atom is -0.497 e. The third kappa shape index (κ3) is 3.17. The van der Waals surface area contributed by atoms with E-state index in [9.17, 15) is 9.18 Å². The first kappa shape index (κ1) is 17.5. The number of carbonyl (C=O) groups is 1. The topological polar surface area (TPSA) is 47.6 Å². The molecule has 27 heavy (non-hydrogen) atoms. The second-order valence-electron chi connectivity index (χ2n) is 6.31. The fourth-order valence-corrected chi connectivity index (χ4v) is 4.58. The Kier molecular flexibility index (Phi) is 4.58. The molecule has 0 spiro atoms. The van der Waals surface area contributed by atoms with Gasteiger partial charge in [-0.15, -0.1) is 11.3 Å². The van der Waals surface area contributed by atoms with Crippen molar-refractivity contribution >= 4 is 22.9 Å². The Morgan fingerprint density at radius 1 is 1.11 bits per heavy atom.